The largest absolute Gasteiger partial charge is 0.133 e. The van der Waals surface area contributed by atoms with Crippen molar-refractivity contribution in [3.63, 3.8) is 0 Å². The molecule has 0 saturated heterocycles. The third kappa shape index (κ3) is 2.88. The Labute approximate surface area is 113 Å². The van der Waals surface area contributed by atoms with E-state index in [-0.39, 0.29) is 5.38 Å². The maximum atomic E-state index is 6.45. The molecule has 0 aliphatic carbocycles. The van der Waals surface area contributed by atoms with Crippen molar-refractivity contribution in [3.05, 3.63) is 56.2 Å². The molecule has 0 amide bonds. The van der Waals surface area contributed by atoms with Crippen LogP contribution < -0.4 is 0 Å². The van der Waals surface area contributed by atoms with Gasteiger partial charge in [0.15, 0.2) is 0 Å². The molecule has 1 aromatic carbocycles. The molecule has 0 bridgehead atoms. The van der Waals surface area contributed by atoms with Crippen molar-refractivity contribution >= 4 is 38.9 Å². The highest BCUT2D eigenvalue weighted by Gasteiger charge is 2.14. The van der Waals surface area contributed by atoms with Gasteiger partial charge in [-0.3, -0.25) is 0 Å². The SMILES string of the molecule is Cc1sc(Br)cc1C(Cl)Cc1ccccc1. The van der Waals surface area contributed by atoms with Crippen LogP contribution in [0.25, 0.3) is 0 Å². The Morgan fingerprint density at radius 1 is 1.31 bits per heavy atom. The number of alkyl halides is 1. The summed E-state index contributed by atoms with van der Waals surface area (Å²) in [6, 6.07) is 12.5. The maximum absolute atomic E-state index is 6.45. The first-order chi connectivity index (χ1) is 7.66. The summed E-state index contributed by atoms with van der Waals surface area (Å²) in [5, 5.41) is 0.0601. The average molecular weight is 316 g/mol. The summed E-state index contributed by atoms with van der Waals surface area (Å²) in [7, 11) is 0. The van der Waals surface area contributed by atoms with Crippen LogP contribution in [0.2, 0.25) is 0 Å². The highest BCUT2D eigenvalue weighted by Crippen LogP contribution is 2.35. The summed E-state index contributed by atoms with van der Waals surface area (Å²) < 4.78 is 1.15. The lowest BCUT2D eigenvalue weighted by Gasteiger charge is -2.09. The number of hydrogen-bond donors (Lipinski definition) is 0. The second-order valence-corrected chi connectivity index (χ2v) is 6.88. The second-order valence-electron chi connectivity index (χ2n) is 3.72. The molecule has 0 saturated carbocycles. The minimum Gasteiger partial charge on any atom is -0.133 e. The topological polar surface area (TPSA) is 0 Å². The van der Waals surface area contributed by atoms with E-state index in [1.807, 2.05) is 6.07 Å². The number of rotatable bonds is 3. The van der Waals surface area contributed by atoms with Crippen molar-refractivity contribution in [3.8, 4) is 0 Å². The lowest BCUT2D eigenvalue weighted by Crippen LogP contribution is -1.95. The van der Waals surface area contributed by atoms with Crippen molar-refractivity contribution < 1.29 is 0 Å². The van der Waals surface area contributed by atoms with E-state index in [1.165, 1.54) is 16.0 Å². The van der Waals surface area contributed by atoms with Crippen molar-refractivity contribution in [1.82, 2.24) is 0 Å². The van der Waals surface area contributed by atoms with E-state index in [2.05, 4.69) is 53.2 Å². The Hall–Kier alpha value is -0.310. The van der Waals surface area contributed by atoms with Crippen LogP contribution in [-0.4, -0.2) is 0 Å². The maximum Gasteiger partial charge on any atom is 0.0704 e. The fourth-order valence-corrected chi connectivity index (χ4v) is 3.94. The molecule has 1 heterocycles. The normalized spacial score (nSPS) is 12.7. The average Bonchev–Trinajstić information content (AvgIpc) is 2.59. The van der Waals surface area contributed by atoms with E-state index < -0.39 is 0 Å². The van der Waals surface area contributed by atoms with Gasteiger partial charge in [-0.2, -0.15) is 0 Å². The molecule has 0 spiro atoms. The summed E-state index contributed by atoms with van der Waals surface area (Å²) in [5.41, 5.74) is 2.52. The van der Waals surface area contributed by atoms with Crippen LogP contribution in [0.15, 0.2) is 40.2 Å². The van der Waals surface area contributed by atoms with Gasteiger partial charge in [0.25, 0.3) is 0 Å². The number of benzene rings is 1. The number of thiophene rings is 1. The number of halogens is 2. The van der Waals surface area contributed by atoms with Gasteiger partial charge >= 0.3 is 0 Å². The first-order valence-corrected chi connectivity index (χ1v) is 7.15. The van der Waals surface area contributed by atoms with Gasteiger partial charge in [0.2, 0.25) is 0 Å². The molecule has 2 rings (SSSR count). The first kappa shape index (κ1) is 12.2. The highest BCUT2D eigenvalue weighted by molar-refractivity contribution is 9.11. The lowest BCUT2D eigenvalue weighted by molar-refractivity contribution is 0.917. The summed E-state index contributed by atoms with van der Waals surface area (Å²) in [4.78, 5) is 1.29. The molecular weight excluding hydrogens is 304 g/mol. The molecule has 0 aliphatic heterocycles. The zero-order valence-electron chi connectivity index (χ0n) is 8.91. The minimum atomic E-state index is 0.0601. The number of aryl methyl sites for hydroxylation is 1. The molecule has 16 heavy (non-hydrogen) atoms. The van der Waals surface area contributed by atoms with Gasteiger partial charge in [-0.1, -0.05) is 30.3 Å². The molecule has 0 fully saturated rings. The monoisotopic (exact) mass is 314 g/mol. The molecule has 0 aliphatic rings. The highest BCUT2D eigenvalue weighted by atomic mass is 79.9. The molecular formula is C13H12BrClS. The second kappa shape index (κ2) is 5.35. The number of hydrogen-bond acceptors (Lipinski definition) is 1. The summed E-state index contributed by atoms with van der Waals surface area (Å²) >= 11 is 11.7. The Morgan fingerprint density at radius 2 is 2.00 bits per heavy atom. The van der Waals surface area contributed by atoms with Crippen LogP contribution in [0.5, 0.6) is 0 Å². The van der Waals surface area contributed by atoms with E-state index in [1.54, 1.807) is 11.3 Å². The van der Waals surface area contributed by atoms with Crippen molar-refractivity contribution in [2.45, 2.75) is 18.7 Å². The Morgan fingerprint density at radius 3 is 2.56 bits per heavy atom. The van der Waals surface area contributed by atoms with Gasteiger partial charge < -0.3 is 0 Å². The van der Waals surface area contributed by atoms with Gasteiger partial charge in [-0.25, -0.2) is 0 Å². The lowest BCUT2D eigenvalue weighted by atomic mass is 10.1. The van der Waals surface area contributed by atoms with Gasteiger partial charge in [0.1, 0.15) is 0 Å². The quantitative estimate of drug-likeness (QED) is 0.670. The predicted molar refractivity (Wildman–Crippen MR) is 75.5 cm³/mol. The van der Waals surface area contributed by atoms with Crippen LogP contribution in [0.3, 0.4) is 0 Å². The molecule has 1 aromatic heterocycles. The van der Waals surface area contributed by atoms with E-state index in [9.17, 15) is 0 Å². The predicted octanol–water partition coefficient (Wildman–Crippen LogP) is 5.34. The van der Waals surface area contributed by atoms with E-state index in [0.29, 0.717) is 0 Å². The standard InChI is InChI=1S/C13H12BrClS/c1-9-11(8-13(14)16-9)12(15)7-10-5-3-2-4-6-10/h2-6,8,12H,7H2,1H3. The van der Waals surface area contributed by atoms with Gasteiger partial charge in [-0.05, 0) is 46.5 Å². The van der Waals surface area contributed by atoms with E-state index in [4.69, 9.17) is 11.6 Å². The third-order valence-corrected chi connectivity index (χ3v) is 4.48. The molecule has 1 unspecified atom stereocenters. The van der Waals surface area contributed by atoms with Gasteiger partial charge in [0, 0.05) is 4.88 Å². The van der Waals surface area contributed by atoms with Gasteiger partial charge in [0.05, 0.1) is 9.16 Å². The smallest absolute Gasteiger partial charge is 0.0704 e. The molecule has 0 N–H and O–H groups in total. The van der Waals surface area contributed by atoms with Gasteiger partial charge in [-0.15, -0.1) is 22.9 Å². The van der Waals surface area contributed by atoms with E-state index in [0.717, 1.165) is 10.2 Å². The Bertz CT molecular complexity index is 464. The fraction of sp³-hybridized carbons (Fsp3) is 0.231. The first-order valence-electron chi connectivity index (χ1n) is 5.10. The van der Waals surface area contributed by atoms with Crippen LogP contribution in [0.4, 0.5) is 0 Å². The Balaban J connectivity index is 2.14. The van der Waals surface area contributed by atoms with Crippen LogP contribution in [-0.2, 0) is 6.42 Å². The van der Waals surface area contributed by atoms with Crippen molar-refractivity contribution in [2.24, 2.45) is 0 Å². The molecule has 2 aromatic rings. The molecule has 84 valence electrons. The van der Waals surface area contributed by atoms with Crippen LogP contribution in [0.1, 0.15) is 21.4 Å². The van der Waals surface area contributed by atoms with E-state index >= 15 is 0 Å². The van der Waals surface area contributed by atoms with Crippen LogP contribution in [0, 0.1) is 6.92 Å². The fourth-order valence-electron chi connectivity index (χ4n) is 1.70. The summed E-state index contributed by atoms with van der Waals surface area (Å²) in [6.07, 6.45) is 0.881. The zero-order valence-corrected chi connectivity index (χ0v) is 12.1. The zero-order chi connectivity index (χ0) is 11.5. The Kier molecular flexibility index (Phi) is 4.06. The molecule has 0 radical (unpaired) electrons. The van der Waals surface area contributed by atoms with Crippen molar-refractivity contribution in [1.29, 1.82) is 0 Å². The summed E-state index contributed by atoms with van der Waals surface area (Å²) in [6.45, 7) is 2.12. The molecule has 3 heteroatoms. The van der Waals surface area contributed by atoms with Crippen molar-refractivity contribution in [2.75, 3.05) is 0 Å². The molecule has 1 atom stereocenters. The van der Waals surface area contributed by atoms with Crippen LogP contribution >= 0.6 is 38.9 Å². The summed E-state index contributed by atoms with van der Waals surface area (Å²) in [5.74, 6) is 0. The third-order valence-electron chi connectivity index (χ3n) is 2.52. The molecule has 0 nitrogen and oxygen atoms in total. The minimum absolute atomic E-state index is 0.0601.